The molecule has 8 heteroatoms. The molecule has 1 aliphatic rings. The lowest BCUT2D eigenvalue weighted by Gasteiger charge is -2.25. The third-order valence-electron chi connectivity index (χ3n) is 3.08. The Kier molecular flexibility index (Phi) is 6.27. The van der Waals surface area contributed by atoms with E-state index in [1.807, 2.05) is 76.0 Å². The number of aliphatic imine (C=N–C) groups is 2. The molecule has 0 saturated heterocycles. The quantitative estimate of drug-likeness (QED) is 0.303. The van der Waals surface area contributed by atoms with Gasteiger partial charge in [-0.15, -0.1) is 0 Å². The van der Waals surface area contributed by atoms with Crippen LogP contribution in [0.4, 0.5) is 0 Å². The molecule has 0 bridgehead atoms. The van der Waals surface area contributed by atoms with Crippen LogP contribution in [0.5, 0.6) is 0 Å². The minimum absolute atomic E-state index is 0.359. The van der Waals surface area contributed by atoms with Crippen molar-refractivity contribution in [1.29, 1.82) is 0 Å². The smallest absolute Gasteiger partial charge is 0.228 e. The number of carbonyl (C=O) groups is 2. The van der Waals surface area contributed by atoms with Crippen LogP contribution in [0.15, 0.2) is 33.5 Å². The largest absolute Gasteiger partial charge is 0.349 e. The normalized spacial score (nSPS) is 13.7. The minimum Gasteiger partial charge on any atom is -0.349 e. The molecule has 0 radical (unpaired) electrons. The molecule has 132 valence electrons. The third kappa shape index (κ3) is 4.68. The lowest BCUT2D eigenvalue weighted by atomic mass is 10.1. The Morgan fingerprint density at radius 2 is 0.875 bits per heavy atom. The van der Waals surface area contributed by atoms with E-state index in [2.05, 4.69) is 9.98 Å². The fraction of sp³-hybridized carbons (Fsp3) is 0.500. The summed E-state index contributed by atoms with van der Waals surface area (Å²) in [6.07, 6.45) is 2.47. The number of hydrogen-bond acceptors (Lipinski definition) is 4. The van der Waals surface area contributed by atoms with Gasteiger partial charge in [0.1, 0.15) is 0 Å². The van der Waals surface area contributed by atoms with E-state index >= 15 is 0 Å². The van der Waals surface area contributed by atoms with Gasteiger partial charge < -0.3 is 19.6 Å². The molecule has 0 aromatic heterocycles. The molecule has 0 aliphatic heterocycles. The zero-order chi connectivity index (χ0) is 18.6. The first-order chi connectivity index (χ1) is 11.0. The number of hydrogen-bond donors (Lipinski definition) is 0. The van der Waals surface area contributed by atoms with Gasteiger partial charge in [-0.3, -0.25) is 9.59 Å². The van der Waals surface area contributed by atoms with Gasteiger partial charge in [0.15, 0.2) is 0 Å². The predicted molar refractivity (Wildman–Crippen MR) is 95.8 cm³/mol. The number of rotatable bonds is 2. The van der Waals surface area contributed by atoms with Crippen molar-refractivity contribution >= 4 is 23.5 Å². The van der Waals surface area contributed by atoms with Crippen molar-refractivity contribution in [2.75, 3.05) is 56.4 Å². The molecule has 0 amide bonds. The summed E-state index contributed by atoms with van der Waals surface area (Å²) in [5, 5.41) is 0. The molecular weight excluding hydrogens is 308 g/mol. The van der Waals surface area contributed by atoms with Gasteiger partial charge in [0.05, 0.1) is 11.4 Å². The second-order valence-corrected chi connectivity index (χ2v) is 6.19. The van der Waals surface area contributed by atoms with E-state index < -0.39 is 11.6 Å². The fourth-order valence-corrected chi connectivity index (χ4v) is 2.13. The lowest BCUT2D eigenvalue weighted by molar-refractivity contribution is -0.131. The molecule has 0 spiro atoms. The van der Waals surface area contributed by atoms with Gasteiger partial charge in [-0.05, 0) is 0 Å². The molecule has 0 heterocycles. The van der Waals surface area contributed by atoms with Crippen molar-refractivity contribution in [3.8, 4) is 0 Å². The van der Waals surface area contributed by atoms with Gasteiger partial charge >= 0.3 is 0 Å². The van der Waals surface area contributed by atoms with Crippen LogP contribution in [0.25, 0.3) is 0 Å². The minimum atomic E-state index is -0.596. The van der Waals surface area contributed by atoms with Crippen molar-refractivity contribution in [3.05, 3.63) is 23.5 Å². The molecule has 1 rings (SSSR count). The molecule has 0 fully saturated rings. The van der Waals surface area contributed by atoms with Crippen molar-refractivity contribution in [3.63, 3.8) is 0 Å². The molecule has 24 heavy (non-hydrogen) atoms. The van der Waals surface area contributed by atoms with E-state index in [1.165, 1.54) is 12.2 Å². The molecule has 8 nitrogen and oxygen atoms in total. The summed E-state index contributed by atoms with van der Waals surface area (Å²) >= 11 is 0. The Morgan fingerprint density at radius 1 is 0.625 bits per heavy atom. The Morgan fingerprint density at radius 3 is 1.08 bits per heavy atom. The first kappa shape index (κ1) is 19.4. The van der Waals surface area contributed by atoms with E-state index in [0.717, 1.165) is 0 Å². The monoisotopic (exact) mass is 334 g/mol. The maximum atomic E-state index is 11.8. The number of guanidine groups is 2. The Labute approximate surface area is 143 Å². The van der Waals surface area contributed by atoms with E-state index in [4.69, 9.17) is 0 Å². The lowest BCUT2D eigenvalue weighted by Crippen LogP contribution is -2.36. The van der Waals surface area contributed by atoms with Gasteiger partial charge in [-0.25, -0.2) is 9.98 Å². The van der Waals surface area contributed by atoms with Crippen LogP contribution >= 0.6 is 0 Å². The molecule has 0 aromatic rings. The molecule has 0 N–H and O–H groups in total. The van der Waals surface area contributed by atoms with Crippen molar-refractivity contribution in [1.82, 2.24) is 19.6 Å². The van der Waals surface area contributed by atoms with Crippen LogP contribution in [-0.4, -0.2) is 99.5 Å². The average Bonchev–Trinajstić information content (AvgIpc) is 2.44. The van der Waals surface area contributed by atoms with Gasteiger partial charge in [-0.1, -0.05) is 0 Å². The highest BCUT2D eigenvalue weighted by atomic mass is 16.2. The van der Waals surface area contributed by atoms with Crippen LogP contribution < -0.4 is 0 Å². The van der Waals surface area contributed by atoms with Crippen LogP contribution in [-0.2, 0) is 9.59 Å². The highest BCUT2D eigenvalue weighted by Crippen LogP contribution is 2.20. The van der Waals surface area contributed by atoms with Gasteiger partial charge in [0.2, 0.25) is 23.5 Å². The average molecular weight is 334 g/mol. The van der Waals surface area contributed by atoms with Crippen LogP contribution in [0.2, 0.25) is 0 Å². The van der Waals surface area contributed by atoms with E-state index in [0.29, 0.717) is 23.3 Å². The summed E-state index contributed by atoms with van der Waals surface area (Å²) in [6, 6.07) is 0. The van der Waals surface area contributed by atoms with Crippen LogP contribution in [0, 0.1) is 0 Å². The van der Waals surface area contributed by atoms with Crippen molar-refractivity contribution < 1.29 is 9.59 Å². The van der Waals surface area contributed by atoms with Crippen molar-refractivity contribution in [2.45, 2.75) is 0 Å². The first-order valence-electron chi connectivity index (χ1n) is 7.43. The number of carbonyl (C=O) groups excluding carboxylic acids is 2. The van der Waals surface area contributed by atoms with E-state index in [9.17, 15) is 9.59 Å². The predicted octanol–water partition coefficient (Wildman–Crippen LogP) is -0.136. The maximum Gasteiger partial charge on any atom is 0.228 e. The van der Waals surface area contributed by atoms with Crippen molar-refractivity contribution in [2.24, 2.45) is 9.98 Å². The maximum absolute atomic E-state index is 11.8. The van der Waals surface area contributed by atoms with E-state index in [-0.39, 0.29) is 0 Å². The molecule has 0 aromatic carbocycles. The number of ketones is 2. The second kappa shape index (κ2) is 7.76. The first-order valence-corrected chi connectivity index (χ1v) is 7.43. The molecule has 0 unspecified atom stereocenters. The Bertz CT molecular complexity index is 563. The highest BCUT2D eigenvalue weighted by molar-refractivity contribution is 6.46. The summed E-state index contributed by atoms with van der Waals surface area (Å²) in [5.41, 5.74) is 0.719. The molecule has 1 aliphatic carbocycles. The topological polar surface area (TPSA) is 71.8 Å². The Balaban J connectivity index is 3.44. The summed E-state index contributed by atoms with van der Waals surface area (Å²) in [4.78, 5) is 39.9. The highest BCUT2D eigenvalue weighted by Gasteiger charge is 2.22. The summed E-state index contributed by atoms with van der Waals surface area (Å²) in [5.74, 6) is 0.0862. The van der Waals surface area contributed by atoms with Crippen LogP contribution in [0.1, 0.15) is 0 Å². The summed E-state index contributed by atoms with van der Waals surface area (Å²) in [7, 11) is 14.8. The summed E-state index contributed by atoms with van der Waals surface area (Å²) in [6.45, 7) is 0. The van der Waals surface area contributed by atoms with Gasteiger partial charge in [0.25, 0.3) is 0 Å². The Hall–Kier alpha value is -2.64. The molecule has 0 saturated carbocycles. The number of allylic oxidation sites excluding steroid dienone is 2. The standard InChI is InChI=1S/C16H26N6O2/c1-19(2)15(20(3)4)17-11-9-13(23)14(24)10-12(11)18-16(21(5)6)22(7)8/h9-10H,1-8H3. The summed E-state index contributed by atoms with van der Waals surface area (Å²) < 4.78 is 0. The fourth-order valence-electron chi connectivity index (χ4n) is 2.13. The third-order valence-corrected chi connectivity index (χ3v) is 3.08. The zero-order valence-electron chi connectivity index (χ0n) is 15.7. The van der Waals surface area contributed by atoms with Gasteiger partial charge in [0, 0.05) is 68.5 Å². The second-order valence-electron chi connectivity index (χ2n) is 6.19. The van der Waals surface area contributed by atoms with Gasteiger partial charge in [-0.2, -0.15) is 0 Å². The zero-order valence-corrected chi connectivity index (χ0v) is 15.7. The van der Waals surface area contributed by atoms with Crippen LogP contribution in [0.3, 0.4) is 0 Å². The van der Waals surface area contributed by atoms with E-state index in [1.54, 1.807) is 0 Å². The SMILES string of the molecule is CN(C)C(=NC1=CC(=O)C(=O)C=C1N=C(N(C)C)N(C)C)N(C)C. The molecule has 0 atom stereocenters. The molecular formula is C16H26N6O2. The number of nitrogens with zero attached hydrogens (tertiary/aromatic N) is 6.